The highest BCUT2D eigenvalue weighted by Crippen LogP contribution is 2.40. The zero-order chi connectivity index (χ0) is 27.9. The molecule has 0 unspecified atom stereocenters. The summed E-state index contributed by atoms with van der Waals surface area (Å²) < 4.78 is 72.2. The van der Waals surface area contributed by atoms with Crippen LogP contribution in [0.5, 0.6) is 0 Å². The van der Waals surface area contributed by atoms with Crippen molar-refractivity contribution in [1.29, 1.82) is 0 Å². The van der Waals surface area contributed by atoms with E-state index < -0.39 is 51.7 Å². The van der Waals surface area contributed by atoms with Crippen molar-refractivity contribution < 1.29 is 26.7 Å². The lowest BCUT2D eigenvalue weighted by atomic mass is 10.0. The number of aromatic nitrogens is 2. The Hall–Kier alpha value is -4.00. The average Bonchev–Trinajstić information content (AvgIpc) is 2.84. The number of nitrogens with zero attached hydrogens (tertiary/aromatic N) is 3. The molecule has 1 saturated heterocycles. The van der Waals surface area contributed by atoms with E-state index in [4.69, 9.17) is 5.73 Å². The summed E-state index contributed by atoms with van der Waals surface area (Å²) in [4.78, 5) is 34.2. The monoisotopic (exact) mass is 536 g/mol. The average molecular weight is 537 g/mol. The fourth-order valence-electron chi connectivity index (χ4n) is 4.47. The highest BCUT2D eigenvalue weighted by Gasteiger charge is 2.37. The standard InChI is InChI=1S/C25H25F5N6O2/c1-12-10-36(11-13(2)35(12)3)18-7-17(26)21(14-4-5-19(31)32-8-14)22(27)23(18)34-24(38)15-9-33-20(37)6-16(15)25(28,29)30/h4-9,12-13H,10-11H2,1-3H3,(H2,31,32)(H,33,37)(H,34,38)/t12-,13+. The van der Waals surface area contributed by atoms with E-state index in [1.54, 1.807) is 4.90 Å². The third-order valence-electron chi connectivity index (χ3n) is 6.69. The number of nitrogens with one attached hydrogen (secondary N) is 2. The molecule has 0 radical (unpaired) electrons. The number of nitrogens with two attached hydrogens (primary N) is 1. The van der Waals surface area contributed by atoms with Gasteiger partial charge in [-0.05, 0) is 33.0 Å². The van der Waals surface area contributed by atoms with Gasteiger partial charge in [0, 0.05) is 55.3 Å². The van der Waals surface area contributed by atoms with Crippen molar-refractivity contribution in [3.05, 3.63) is 69.8 Å². The summed E-state index contributed by atoms with van der Waals surface area (Å²) in [7, 11) is 1.91. The number of aromatic amines is 1. The Balaban J connectivity index is 1.87. The van der Waals surface area contributed by atoms with Crippen LogP contribution in [0.25, 0.3) is 11.1 Å². The molecule has 0 spiro atoms. The minimum Gasteiger partial charge on any atom is -0.384 e. The van der Waals surface area contributed by atoms with Crippen LogP contribution in [0.3, 0.4) is 0 Å². The normalized spacial score (nSPS) is 18.5. The van der Waals surface area contributed by atoms with Gasteiger partial charge in [-0.2, -0.15) is 13.2 Å². The van der Waals surface area contributed by atoms with Crippen LogP contribution in [0, 0.1) is 11.6 Å². The van der Waals surface area contributed by atoms with Gasteiger partial charge in [-0.25, -0.2) is 13.8 Å². The van der Waals surface area contributed by atoms with Crippen LogP contribution in [0.1, 0.15) is 29.8 Å². The molecule has 202 valence electrons. The molecule has 2 aromatic heterocycles. The molecule has 4 N–H and O–H groups in total. The summed E-state index contributed by atoms with van der Waals surface area (Å²) in [6, 6.07) is 3.87. The second-order valence-electron chi connectivity index (χ2n) is 9.26. The third kappa shape index (κ3) is 5.19. The van der Waals surface area contributed by atoms with E-state index in [-0.39, 0.29) is 35.2 Å². The number of hydrogen-bond donors (Lipinski definition) is 3. The zero-order valence-corrected chi connectivity index (χ0v) is 20.7. The van der Waals surface area contributed by atoms with Gasteiger partial charge >= 0.3 is 6.18 Å². The van der Waals surface area contributed by atoms with Crippen LogP contribution in [-0.4, -0.2) is 53.0 Å². The highest BCUT2D eigenvalue weighted by atomic mass is 19.4. The molecule has 1 fully saturated rings. The van der Waals surface area contributed by atoms with Crippen molar-refractivity contribution in [2.24, 2.45) is 0 Å². The predicted octanol–water partition coefficient (Wildman–Crippen LogP) is 4.10. The lowest BCUT2D eigenvalue weighted by molar-refractivity contribution is -0.138. The molecule has 3 heterocycles. The molecule has 38 heavy (non-hydrogen) atoms. The fourth-order valence-corrected chi connectivity index (χ4v) is 4.47. The minimum absolute atomic E-state index is 0.0105. The maximum Gasteiger partial charge on any atom is 0.417 e. The molecule has 1 aromatic carbocycles. The van der Waals surface area contributed by atoms with Crippen LogP contribution in [0.2, 0.25) is 0 Å². The quantitative estimate of drug-likeness (QED) is 0.434. The van der Waals surface area contributed by atoms with Crippen LogP contribution < -0.4 is 21.5 Å². The zero-order valence-electron chi connectivity index (χ0n) is 20.7. The summed E-state index contributed by atoms with van der Waals surface area (Å²) in [5.74, 6) is -3.38. The van der Waals surface area contributed by atoms with Gasteiger partial charge in [0.2, 0.25) is 5.56 Å². The maximum atomic E-state index is 16.0. The third-order valence-corrected chi connectivity index (χ3v) is 6.69. The van der Waals surface area contributed by atoms with Crippen molar-refractivity contribution in [1.82, 2.24) is 14.9 Å². The number of benzene rings is 1. The van der Waals surface area contributed by atoms with Gasteiger partial charge in [-0.15, -0.1) is 0 Å². The minimum atomic E-state index is -5.03. The van der Waals surface area contributed by atoms with E-state index in [0.29, 0.717) is 19.3 Å². The SMILES string of the molecule is C[C@@H]1CN(c2cc(F)c(-c3ccc(N)nc3)c(F)c2NC(=O)c2c[nH]c(=O)cc2C(F)(F)F)C[C@H](C)N1C. The number of piperazine rings is 1. The maximum absolute atomic E-state index is 16.0. The number of hydrogen-bond acceptors (Lipinski definition) is 6. The number of carbonyl (C=O) groups excluding carboxylic acids is 1. The van der Waals surface area contributed by atoms with E-state index in [9.17, 15) is 22.8 Å². The Morgan fingerprint density at radius 2 is 1.82 bits per heavy atom. The first-order valence-corrected chi connectivity index (χ1v) is 11.6. The van der Waals surface area contributed by atoms with Crippen LogP contribution >= 0.6 is 0 Å². The molecule has 2 atom stereocenters. The van der Waals surface area contributed by atoms with E-state index >= 15 is 8.78 Å². The lowest BCUT2D eigenvalue weighted by Gasteiger charge is -2.44. The van der Waals surface area contributed by atoms with Gasteiger partial charge in [0.25, 0.3) is 5.91 Å². The molecule has 3 aromatic rings. The Labute approximate surface area is 214 Å². The first kappa shape index (κ1) is 27.0. The summed E-state index contributed by atoms with van der Waals surface area (Å²) in [5, 5.41) is 2.21. The van der Waals surface area contributed by atoms with Crippen LogP contribution in [0.15, 0.2) is 41.5 Å². The number of nitrogen functional groups attached to an aromatic ring is 1. The smallest absolute Gasteiger partial charge is 0.384 e. The lowest BCUT2D eigenvalue weighted by Crippen LogP contribution is -2.55. The number of likely N-dealkylation sites (N-methyl/N-ethyl adjacent to an activating group) is 1. The predicted molar refractivity (Wildman–Crippen MR) is 133 cm³/mol. The van der Waals surface area contributed by atoms with Crippen LogP contribution in [0.4, 0.5) is 39.1 Å². The number of anilines is 3. The van der Waals surface area contributed by atoms with E-state index in [0.717, 1.165) is 12.3 Å². The second kappa shape index (κ2) is 10.0. The Morgan fingerprint density at radius 1 is 1.16 bits per heavy atom. The Bertz CT molecular complexity index is 1410. The van der Waals surface area contributed by atoms with Crippen molar-refractivity contribution in [3.8, 4) is 11.1 Å². The number of rotatable bonds is 4. The molecule has 1 aliphatic heterocycles. The summed E-state index contributed by atoms with van der Waals surface area (Å²) in [6.07, 6.45) is -3.29. The Kier molecular flexibility index (Phi) is 7.15. The highest BCUT2D eigenvalue weighted by molar-refractivity contribution is 6.07. The van der Waals surface area contributed by atoms with E-state index in [1.165, 1.54) is 12.1 Å². The molecule has 0 saturated carbocycles. The number of amides is 1. The second-order valence-corrected chi connectivity index (χ2v) is 9.26. The summed E-state index contributed by atoms with van der Waals surface area (Å²) in [5.41, 5.74) is 1.02. The topological polar surface area (TPSA) is 107 Å². The molecule has 4 rings (SSSR count). The largest absolute Gasteiger partial charge is 0.417 e. The van der Waals surface area contributed by atoms with Gasteiger partial charge in [0.15, 0.2) is 5.82 Å². The van der Waals surface area contributed by atoms with Gasteiger partial charge in [-0.1, -0.05) is 0 Å². The van der Waals surface area contributed by atoms with Gasteiger partial charge < -0.3 is 20.9 Å². The molecule has 1 aliphatic rings. The van der Waals surface area contributed by atoms with Crippen molar-refractivity contribution in [2.75, 3.05) is 36.1 Å². The van der Waals surface area contributed by atoms with Crippen LogP contribution in [-0.2, 0) is 6.18 Å². The molecule has 0 aliphatic carbocycles. The summed E-state index contributed by atoms with van der Waals surface area (Å²) in [6.45, 7) is 4.49. The van der Waals surface area contributed by atoms with Gasteiger partial charge in [0.05, 0.1) is 22.4 Å². The first-order chi connectivity index (χ1) is 17.8. The Morgan fingerprint density at radius 3 is 2.39 bits per heavy atom. The van der Waals surface area contributed by atoms with Crippen molar-refractivity contribution in [3.63, 3.8) is 0 Å². The molecular weight excluding hydrogens is 511 g/mol. The fraction of sp³-hybridized carbons (Fsp3) is 0.320. The number of alkyl halides is 3. The molecule has 8 nitrogen and oxygen atoms in total. The first-order valence-electron chi connectivity index (χ1n) is 11.6. The molecule has 1 amide bonds. The van der Waals surface area contributed by atoms with Crippen molar-refractivity contribution >= 4 is 23.1 Å². The van der Waals surface area contributed by atoms with Crippen molar-refractivity contribution in [2.45, 2.75) is 32.1 Å². The van der Waals surface area contributed by atoms with E-state index in [2.05, 4.69) is 15.2 Å². The molecule has 0 bridgehead atoms. The summed E-state index contributed by atoms with van der Waals surface area (Å²) >= 11 is 0. The molecule has 13 heteroatoms. The van der Waals surface area contributed by atoms with Gasteiger partial charge in [-0.3, -0.25) is 14.5 Å². The number of pyridine rings is 2. The number of H-pyrrole nitrogens is 1. The number of carbonyl (C=O) groups is 1. The molecular formula is C25H25F5N6O2. The van der Waals surface area contributed by atoms with E-state index in [1.807, 2.05) is 25.9 Å². The van der Waals surface area contributed by atoms with Gasteiger partial charge in [0.1, 0.15) is 17.3 Å². The number of halogens is 5.